The van der Waals surface area contributed by atoms with E-state index >= 15 is 0 Å². The summed E-state index contributed by atoms with van der Waals surface area (Å²) >= 11 is 0. The number of carbonyl (C=O) groups is 2. The second-order valence-corrected chi connectivity index (χ2v) is 7.07. The highest BCUT2D eigenvalue weighted by Crippen LogP contribution is 2.37. The number of hydrogen-bond acceptors (Lipinski definition) is 3. The van der Waals surface area contributed by atoms with E-state index in [4.69, 9.17) is 4.74 Å². The summed E-state index contributed by atoms with van der Waals surface area (Å²) in [6, 6.07) is 2.77. The van der Waals surface area contributed by atoms with Crippen molar-refractivity contribution >= 4 is 22.8 Å². The maximum atomic E-state index is 14.3. The molecular formula is C20H24FNO4. The molecule has 0 bridgehead atoms. The zero-order chi connectivity index (χ0) is 19.0. The quantitative estimate of drug-likeness (QED) is 0.870. The summed E-state index contributed by atoms with van der Waals surface area (Å²) < 4.78 is 20.9. The Kier molecular flexibility index (Phi) is 5.03. The van der Waals surface area contributed by atoms with Gasteiger partial charge < -0.3 is 9.84 Å². The van der Waals surface area contributed by atoms with Crippen LogP contribution in [-0.2, 0) is 4.79 Å². The number of hydrogen-bond donors (Lipinski definition) is 1. The van der Waals surface area contributed by atoms with E-state index in [1.54, 1.807) is 13.8 Å². The molecule has 3 rings (SSSR count). The van der Waals surface area contributed by atoms with Crippen molar-refractivity contribution in [3.05, 3.63) is 29.2 Å². The average molecular weight is 361 g/mol. The summed E-state index contributed by atoms with van der Waals surface area (Å²) in [4.78, 5) is 24.8. The molecule has 1 atom stereocenters. The van der Waals surface area contributed by atoms with E-state index < -0.39 is 17.7 Å². The fourth-order valence-corrected chi connectivity index (χ4v) is 4.08. The minimum absolute atomic E-state index is 0.0404. The minimum Gasteiger partial charge on any atom is -0.494 e. The number of aromatic nitrogens is 1. The van der Waals surface area contributed by atoms with Gasteiger partial charge in [0.15, 0.2) is 11.6 Å². The van der Waals surface area contributed by atoms with Gasteiger partial charge in [-0.3, -0.25) is 14.2 Å². The lowest BCUT2D eigenvalue weighted by Gasteiger charge is -2.22. The Hall–Kier alpha value is -2.37. The maximum Gasteiger partial charge on any atom is 0.310 e. The van der Waals surface area contributed by atoms with Gasteiger partial charge in [0.25, 0.3) is 0 Å². The Morgan fingerprint density at radius 3 is 2.50 bits per heavy atom. The summed E-state index contributed by atoms with van der Waals surface area (Å²) in [7, 11) is 1.36. The van der Waals surface area contributed by atoms with E-state index in [2.05, 4.69) is 0 Å². The number of carbonyl (C=O) groups excluding carboxylic acids is 1. The van der Waals surface area contributed by atoms with E-state index in [-0.39, 0.29) is 17.6 Å². The molecule has 0 amide bonds. The molecule has 1 aromatic carbocycles. The third-order valence-corrected chi connectivity index (χ3v) is 5.50. The average Bonchev–Trinajstić information content (AvgIpc) is 2.91. The highest BCUT2D eigenvalue weighted by molar-refractivity contribution is 5.99. The van der Waals surface area contributed by atoms with Crippen LogP contribution in [0.5, 0.6) is 5.75 Å². The monoisotopic (exact) mass is 361 g/mol. The van der Waals surface area contributed by atoms with Gasteiger partial charge in [-0.25, -0.2) is 4.39 Å². The number of fused-ring (bicyclic) bond motifs is 1. The normalized spacial score (nSPS) is 16.6. The Balaban J connectivity index is 2.24. The summed E-state index contributed by atoms with van der Waals surface area (Å²) in [5.74, 6) is -2.49. The first kappa shape index (κ1) is 18.4. The third kappa shape index (κ3) is 2.97. The molecule has 1 saturated carbocycles. The maximum absolute atomic E-state index is 14.3. The molecule has 0 aliphatic heterocycles. The van der Waals surface area contributed by atoms with Crippen LogP contribution in [-0.4, -0.2) is 28.7 Å². The number of carboxylic acids is 1. The number of ether oxygens (including phenoxy) is 1. The van der Waals surface area contributed by atoms with Crippen LogP contribution in [0, 0.1) is 18.7 Å². The molecule has 1 N–H and O–H groups in total. The van der Waals surface area contributed by atoms with Crippen molar-refractivity contribution in [2.45, 2.75) is 51.9 Å². The van der Waals surface area contributed by atoms with Gasteiger partial charge in [-0.1, -0.05) is 19.3 Å². The van der Waals surface area contributed by atoms with Gasteiger partial charge in [0.05, 0.1) is 18.5 Å². The predicted molar refractivity (Wildman–Crippen MR) is 96.4 cm³/mol. The van der Waals surface area contributed by atoms with E-state index in [0.29, 0.717) is 22.2 Å². The number of aliphatic carboxylic acids is 1. The SMILES string of the molecule is COc1cc2c(C(C)C(=O)O)c(C)n(C(=O)C3CCCCC3)c2cc1F. The molecule has 1 aliphatic rings. The number of rotatable bonds is 4. The first-order valence-corrected chi connectivity index (χ1v) is 9.02. The lowest BCUT2D eigenvalue weighted by Crippen LogP contribution is -2.25. The highest BCUT2D eigenvalue weighted by atomic mass is 19.1. The van der Waals surface area contributed by atoms with Crippen molar-refractivity contribution in [2.24, 2.45) is 5.92 Å². The molecular weight excluding hydrogens is 337 g/mol. The Morgan fingerprint density at radius 1 is 1.27 bits per heavy atom. The first-order valence-electron chi connectivity index (χ1n) is 9.02. The molecule has 2 aromatic rings. The van der Waals surface area contributed by atoms with Gasteiger partial charge in [-0.15, -0.1) is 0 Å². The third-order valence-electron chi connectivity index (χ3n) is 5.50. The molecule has 5 nitrogen and oxygen atoms in total. The molecule has 1 aliphatic carbocycles. The van der Waals surface area contributed by atoms with Gasteiger partial charge in [-0.2, -0.15) is 0 Å². The molecule has 1 aromatic heterocycles. The number of nitrogens with zero attached hydrogens (tertiary/aromatic N) is 1. The standard InChI is InChI=1S/C20H24FNO4/c1-11(20(24)25)18-12(2)22(19(23)13-7-5-4-6-8-13)16-10-15(21)17(26-3)9-14(16)18/h9-11,13H,4-8H2,1-3H3,(H,24,25). The van der Waals surface area contributed by atoms with E-state index in [1.807, 2.05) is 0 Å². The summed E-state index contributed by atoms with van der Waals surface area (Å²) in [5, 5.41) is 10.1. The molecule has 26 heavy (non-hydrogen) atoms. The Morgan fingerprint density at radius 2 is 1.92 bits per heavy atom. The van der Waals surface area contributed by atoms with Crippen LogP contribution in [0.25, 0.3) is 10.9 Å². The van der Waals surface area contributed by atoms with Crippen LogP contribution >= 0.6 is 0 Å². The van der Waals surface area contributed by atoms with Crippen molar-refractivity contribution < 1.29 is 23.8 Å². The largest absolute Gasteiger partial charge is 0.494 e. The number of halogens is 1. The topological polar surface area (TPSA) is 68.5 Å². The summed E-state index contributed by atoms with van der Waals surface area (Å²) in [6.07, 6.45) is 4.79. The van der Waals surface area contributed by atoms with Crippen LogP contribution in [0.2, 0.25) is 0 Å². The highest BCUT2D eigenvalue weighted by Gasteiger charge is 2.30. The van der Waals surface area contributed by atoms with Crippen LogP contribution < -0.4 is 4.74 Å². The van der Waals surface area contributed by atoms with Crippen LogP contribution in [0.4, 0.5) is 4.39 Å². The number of methoxy groups -OCH3 is 1. The van der Waals surface area contributed by atoms with Crippen LogP contribution in [0.3, 0.4) is 0 Å². The van der Waals surface area contributed by atoms with Crippen LogP contribution in [0.1, 0.15) is 61.0 Å². The number of benzene rings is 1. The Bertz CT molecular complexity index is 865. The van der Waals surface area contributed by atoms with Crippen LogP contribution in [0.15, 0.2) is 12.1 Å². The minimum atomic E-state index is -0.986. The smallest absolute Gasteiger partial charge is 0.310 e. The van der Waals surface area contributed by atoms with Crippen molar-refractivity contribution in [1.82, 2.24) is 4.57 Å². The summed E-state index contributed by atoms with van der Waals surface area (Å²) in [5.41, 5.74) is 1.52. The van der Waals surface area contributed by atoms with Gasteiger partial charge in [-0.05, 0) is 38.3 Å². The zero-order valence-corrected chi connectivity index (χ0v) is 15.3. The predicted octanol–water partition coefficient (Wildman–Crippen LogP) is 4.51. The van der Waals surface area contributed by atoms with Crippen molar-refractivity contribution in [2.75, 3.05) is 7.11 Å². The number of carboxylic acid groups (broad SMARTS) is 1. The first-order chi connectivity index (χ1) is 12.4. The second-order valence-electron chi connectivity index (χ2n) is 7.07. The van der Waals surface area contributed by atoms with Gasteiger partial charge in [0, 0.05) is 23.1 Å². The molecule has 140 valence electrons. The molecule has 0 saturated heterocycles. The molecule has 0 radical (unpaired) electrons. The fourth-order valence-electron chi connectivity index (χ4n) is 4.08. The molecule has 1 heterocycles. The van der Waals surface area contributed by atoms with E-state index in [9.17, 15) is 19.1 Å². The fraction of sp³-hybridized carbons (Fsp3) is 0.500. The van der Waals surface area contributed by atoms with Gasteiger partial charge >= 0.3 is 5.97 Å². The van der Waals surface area contributed by atoms with Crippen molar-refractivity contribution in [3.63, 3.8) is 0 Å². The molecule has 6 heteroatoms. The van der Waals surface area contributed by atoms with E-state index in [0.717, 1.165) is 32.1 Å². The molecule has 0 spiro atoms. The second kappa shape index (κ2) is 7.09. The van der Waals surface area contributed by atoms with E-state index in [1.165, 1.54) is 23.8 Å². The summed E-state index contributed by atoms with van der Waals surface area (Å²) in [6.45, 7) is 3.31. The zero-order valence-electron chi connectivity index (χ0n) is 15.3. The van der Waals surface area contributed by atoms with Gasteiger partial charge in [0.1, 0.15) is 0 Å². The lowest BCUT2D eigenvalue weighted by molar-refractivity contribution is -0.138. The van der Waals surface area contributed by atoms with Crippen molar-refractivity contribution in [3.8, 4) is 5.75 Å². The molecule has 1 unspecified atom stereocenters. The molecule has 1 fully saturated rings. The Labute approximate surface area is 151 Å². The van der Waals surface area contributed by atoms with Crippen molar-refractivity contribution in [1.29, 1.82) is 0 Å². The lowest BCUT2D eigenvalue weighted by atomic mass is 9.88. The van der Waals surface area contributed by atoms with Gasteiger partial charge in [0.2, 0.25) is 5.91 Å².